The number of urea groups is 1. The lowest BCUT2D eigenvalue weighted by atomic mass is 10.2. The van der Waals surface area contributed by atoms with Gasteiger partial charge in [0.1, 0.15) is 0 Å². The number of carbonyl (C=O) groups is 2. The van der Waals surface area contributed by atoms with Gasteiger partial charge in [-0.05, 0) is 5.56 Å². The van der Waals surface area contributed by atoms with Crippen molar-refractivity contribution in [1.82, 2.24) is 14.7 Å². The molecule has 1 aromatic rings. The summed E-state index contributed by atoms with van der Waals surface area (Å²) in [7, 11) is 5.21. The Bertz CT molecular complexity index is 632. The number of halogens is 1. The molecule has 3 amide bonds. The topological polar surface area (TPSA) is 48.3 Å². The van der Waals surface area contributed by atoms with Gasteiger partial charge in [0.2, 0.25) is 0 Å². The van der Waals surface area contributed by atoms with Gasteiger partial charge >= 0.3 is 11.9 Å². The van der Waals surface area contributed by atoms with Gasteiger partial charge in [-0.1, -0.05) is 30.3 Å². The van der Waals surface area contributed by atoms with Crippen LogP contribution in [0.2, 0.25) is 0 Å². The first-order valence-corrected chi connectivity index (χ1v) is 6.91. The first kappa shape index (κ1) is 16.5. The minimum absolute atomic E-state index is 0. The summed E-state index contributed by atoms with van der Waals surface area (Å²) < 4.78 is 0. The van der Waals surface area contributed by atoms with Gasteiger partial charge in [0.05, 0.1) is 13.7 Å². The maximum Gasteiger partial charge on any atom is 0.430 e. The van der Waals surface area contributed by atoms with Crippen molar-refractivity contribution < 1.29 is 31.5 Å². The zero-order valence-electron chi connectivity index (χ0n) is 12.8. The lowest BCUT2D eigenvalue weighted by Crippen LogP contribution is -3.16. The molecule has 2 aliphatic rings. The minimum Gasteiger partial charge on any atom is -1.00 e. The van der Waals surface area contributed by atoms with E-state index in [1.54, 1.807) is 19.0 Å². The van der Waals surface area contributed by atoms with Crippen molar-refractivity contribution in [2.45, 2.75) is 6.54 Å². The predicted molar refractivity (Wildman–Crippen MR) is 76.7 cm³/mol. The van der Waals surface area contributed by atoms with E-state index in [4.69, 9.17) is 0 Å². The van der Waals surface area contributed by atoms with Crippen LogP contribution in [0.5, 0.6) is 0 Å². The van der Waals surface area contributed by atoms with Gasteiger partial charge in [-0.15, -0.1) is 0 Å². The number of hydrogen-bond donors (Lipinski definition) is 1. The highest BCUT2D eigenvalue weighted by atomic mass is 79.9. The molecule has 1 N–H and O–H groups in total. The third-order valence-electron chi connectivity index (χ3n) is 3.99. The number of likely N-dealkylation sites (N-methyl/N-ethyl adjacent to an activating group) is 2. The van der Waals surface area contributed by atoms with E-state index in [2.05, 4.69) is 4.90 Å². The van der Waals surface area contributed by atoms with E-state index in [1.165, 1.54) is 0 Å². The number of carbonyl (C=O) groups excluding carboxylic acids is 2. The zero-order chi connectivity index (χ0) is 15.1. The third-order valence-corrected chi connectivity index (χ3v) is 3.99. The van der Waals surface area contributed by atoms with Gasteiger partial charge in [-0.2, -0.15) is 4.90 Å². The molecule has 2 heterocycles. The monoisotopic (exact) mass is 366 g/mol. The van der Waals surface area contributed by atoms with Gasteiger partial charge in [0, 0.05) is 20.6 Å². The summed E-state index contributed by atoms with van der Waals surface area (Å²) in [6.07, 6.45) is 0. The predicted octanol–water partition coefficient (Wildman–Crippen LogP) is -3.33. The molecule has 118 valence electrons. The summed E-state index contributed by atoms with van der Waals surface area (Å²) in [5.41, 5.74) is 1.77. The Morgan fingerprint density at radius 2 is 1.77 bits per heavy atom. The molecule has 0 spiro atoms. The normalized spacial score (nSPS) is 21.2. The Morgan fingerprint density at radius 1 is 1.14 bits per heavy atom. The summed E-state index contributed by atoms with van der Waals surface area (Å²) in [5.74, 6) is 0.549. The molecular weight excluding hydrogens is 348 g/mol. The van der Waals surface area contributed by atoms with E-state index < -0.39 is 0 Å². The maximum atomic E-state index is 12.4. The lowest BCUT2D eigenvalue weighted by molar-refractivity contribution is -0.711. The van der Waals surface area contributed by atoms with E-state index in [9.17, 15) is 9.59 Å². The Kier molecular flexibility index (Phi) is 4.58. The SMILES string of the molecule is CN1CN(Cc2ccccc2)C2=C1C(=O)[NH+](C)C(=O)N2C.[Br-]. The summed E-state index contributed by atoms with van der Waals surface area (Å²) in [4.78, 5) is 30.4. The largest absolute Gasteiger partial charge is 1.00 e. The van der Waals surface area contributed by atoms with E-state index in [1.807, 2.05) is 42.3 Å². The number of quaternary nitrogens is 1. The number of benzene rings is 1. The fraction of sp³-hybridized carbons (Fsp3) is 0.333. The van der Waals surface area contributed by atoms with Crippen LogP contribution < -0.4 is 21.9 Å². The molecule has 1 aromatic carbocycles. The summed E-state index contributed by atoms with van der Waals surface area (Å²) in [6, 6.07) is 9.83. The van der Waals surface area contributed by atoms with E-state index in [-0.39, 0.29) is 33.8 Å². The second kappa shape index (κ2) is 6.10. The minimum atomic E-state index is -0.216. The van der Waals surface area contributed by atoms with Crippen LogP contribution >= 0.6 is 0 Å². The Balaban J connectivity index is 0.00000176. The fourth-order valence-corrected chi connectivity index (χ4v) is 2.91. The maximum absolute atomic E-state index is 12.4. The van der Waals surface area contributed by atoms with Crippen LogP contribution in [0.1, 0.15) is 5.56 Å². The summed E-state index contributed by atoms with van der Waals surface area (Å²) in [5, 5.41) is 0. The van der Waals surface area contributed by atoms with Crippen LogP contribution in [0.4, 0.5) is 4.79 Å². The number of imide groups is 1. The van der Waals surface area contributed by atoms with Gasteiger partial charge in [0.15, 0.2) is 11.5 Å². The molecule has 0 aromatic heterocycles. The molecule has 2 aliphatic heterocycles. The molecule has 1 unspecified atom stereocenters. The van der Waals surface area contributed by atoms with Crippen LogP contribution in [0.3, 0.4) is 0 Å². The molecule has 6 nitrogen and oxygen atoms in total. The van der Waals surface area contributed by atoms with E-state index in [0.29, 0.717) is 24.7 Å². The van der Waals surface area contributed by atoms with E-state index >= 15 is 0 Å². The summed E-state index contributed by atoms with van der Waals surface area (Å²) >= 11 is 0. The second-order valence-corrected chi connectivity index (χ2v) is 5.51. The molecule has 0 bridgehead atoms. The molecule has 0 fully saturated rings. The van der Waals surface area contributed by atoms with Crippen molar-refractivity contribution in [2.75, 3.05) is 27.8 Å². The standard InChI is InChI=1S/C15H18N4O2.BrH/c1-16-10-19(9-11-7-5-4-6-8-11)13-12(16)14(20)18(3)15(21)17(13)2;/h4-8H,9-10H2,1-3H3;1H. The number of nitrogens with one attached hydrogen (secondary N) is 1. The number of hydrogen-bond acceptors (Lipinski definition) is 4. The Hall–Kier alpha value is -1.86. The average molecular weight is 367 g/mol. The smallest absolute Gasteiger partial charge is 0.430 e. The molecule has 22 heavy (non-hydrogen) atoms. The van der Waals surface area contributed by atoms with Gasteiger partial charge < -0.3 is 26.8 Å². The average Bonchev–Trinajstić information content (AvgIpc) is 2.80. The number of nitrogens with zero attached hydrogens (tertiary/aromatic N) is 3. The van der Waals surface area contributed by atoms with Crippen molar-refractivity contribution in [2.24, 2.45) is 0 Å². The van der Waals surface area contributed by atoms with Crippen molar-refractivity contribution in [3.63, 3.8) is 0 Å². The zero-order valence-corrected chi connectivity index (χ0v) is 14.4. The highest BCUT2D eigenvalue weighted by Crippen LogP contribution is 2.27. The molecule has 0 radical (unpaired) electrons. The lowest BCUT2D eigenvalue weighted by Gasteiger charge is -2.30. The molecule has 7 heteroatoms. The first-order chi connectivity index (χ1) is 10.0. The van der Waals surface area contributed by atoms with Crippen molar-refractivity contribution in [3.8, 4) is 0 Å². The van der Waals surface area contributed by atoms with Crippen molar-refractivity contribution in [3.05, 3.63) is 47.4 Å². The van der Waals surface area contributed by atoms with Crippen LogP contribution in [-0.4, -0.2) is 54.4 Å². The fourth-order valence-electron chi connectivity index (χ4n) is 2.91. The molecule has 0 aliphatic carbocycles. The third kappa shape index (κ3) is 2.50. The second-order valence-electron chi connectivity index (χ2n) is 5.51. The summed E-state index contributed by atoms with van der Waals surface area (Å²) in [6.45, 7) is 1.28. The highest BCUT2D eigenvalue weighted by molar-refractivity contribution is 5.96. The number of amides is 3. The van der Waals surface area contributed by atoms with Crippen LogP contribution in [0.15, 0.2) is 41.8 Å². The van der Waals surface area contributed by atoms with Crippen molar-refractivity contribution >= 4 is 11.9 Å². The Labute approximate surface area is 140 Å². The van der Waals surface area contributed by atoms with Crippen molar-refractivity contribution in [1.29, 1.82) is 0 Å². The highest BCUT2D eigenvalue weighted by Gasteiger charge is 2.47. The van der Waals surface area contributed by atoms with Crippen LogP contribution in [0.25, 0.3) is 0 Å². The molecule has 0 saturated carbocycles. The van der Waals surface area contributed by atoms with Gasteiger partial charge in [-0.25, -0.2) is 14.5 Å². The van der Waals surface area contributed by atoms with Gasteiger partial charge in [-0.3, -0.25) is 0 Å². The van der Waals surface area contributed by atoms with Gasteiger partial charge in [0.25, 0.3) is 0 Å². The molecule has 0 saturated heterocycles. The van der Waals surface area contributed by atoms with Crippen LogP contribution in [0, 0.1) is 0 Å². The molecule has 1 atom stereocenters. The van der Waals surface area contributed by atoms with Crippen LogP contribution in [-0.2, 0) is 11.3 Å². The number of rotatable bonds is 2. The molecular formula is C15H19BrN4O2. The molecule has 3 rings (SSSR count). The first-order valence-electron chi connectivity index (χ1n) is 6.91. The Morgan fingerprint density at radius 3 is 2.41 bits per heavy atom. The van der Waals surface area contributed by atoms with E-state index in [0.717, 1.165) is 5.56 Å². The quantitative estimate of drug-likeness (QED) is 0.594.